The van der Waals surface area contributed by atoms with Crippen LogP contribution in [0.1, 0.15) is 24.8 Å². The summed E-state index contributed by atoms with van der Waals surface area (Å²) in [5.74, 6) is 1.89. The summed E-state index contributed by atoms with van der Waals surface area (Å²) in [7, 11) is 0. The number of carbonyl (C=O) groups excluding carboxylic acids is 1. The molecule has 0 spiro atoms. The van der Waals surface area contributed by atoms with Gasteiger partial charge in [-0.1, -0.05) is 42.5 Å². The molecule has 126 valence electrons. The summed E-state index contributed by atoms with van der Waals surface area (Å²) in [6, 6.07) is 15.0. The van der Waals surface area contributed by atoms with Gasteiger partial charge in [0.25, 0.3) is 0 Å². The molecule has 24 heavy (non-hydrogen) atoms. The zero-order valence-electron chi connectivity index (χ0n) is 14.2. The molecule has 0 radical (unpaired) electrons. The fourth-order valence-electron chi connectivity index (χ4n) is 4.27. The number of rotatable bonds is 3. The van der Waals surface area contributed by atoms with Crippen LogP contribution < -0.4 is 5.32 Å². The van der Waals surface area contributed by atoms with Crippen LogP contribution in [-0.4, -0.2) is 37.0 Å². The van der Waals surface area contributed by atoms with Gasteiger partial charge in [-0.25, -0.2) is 0 Å². The third kappa shape index (κ3) is 3.32. The Morgan fingerprint density at radius 1 is 1.00 bits per heavy atom. The van der Waals surface area contributed by atoms with Crippen LogP contribution in [0.2, 0.25) is 0 Å². The van der Waals surface area contributed by atoms with Gasteiger partial charge in [-0.05, 0) is 60.5 Å². The standard InChI is InChI=1S/C21H26N2O/c24-21(23-11-9-19-14-22-15-20(19)10-12-23)8-6-16-5-7-17-3-1-2-4-18(17)13-16/h1-5,7,13,19-20,22H,6,8-12,14-15H2/t19-,20+. The van der Waals surface area contributed by atoms with Crippen LogP contribution in [0, 0.1) is 11.8 Å². The van der Waals surface area contributed by atoms with E-state index in [-0.39, 0.29) is 0 Å². The Balaban J connectivity index is 1.35. The molecule has 2 atom stereocenters. The molecule has 1 N–H and O–H groups in total. The zero-order chi connectivity index (χ0) is 16.4. The fraction of sp³-hybridized carbons (Fsp3) is 0.476. The lowest BCUT2D eigenvalue weighted by Gasteiger charge is -2.21. The van der Waals surface area contributed by atoms with E-state index in [9.17, 15) is 4.79 Å². The average molecular weight is 322 g/mol. The van der Waals surface area contributed by atoms with E-state index in [0.717, 1.165) is 44.4 Å². The lowest BCUT2D eigenvalue weighted by molar-refractivity contribution is -0.131. The number of carbonyl (C=O) groups is 1. The van der Waals surface area contributed by atoms with Gasteiger partial charge >= 0.3 is 0 Å². The summed E-state index contributed by atoms with van der Waals surface area (Å²) < 4.78 is 0. The highest BCUT2D eigenvalue weighted by molar-refractivity contribution is 5.83. The molecule has 2 aromatic carbocycles. The van der Waals surface area contributed by atoms with Gasteiger partial charge in [0, 0.05) is 19.5 Å². The van der Waals surface area contributed by atoms with Crippen molar-refractivity contribution in [2.45, 2.75) is 25.7 Å². The Kier molecular flexibility index (Phi) is 4.52. The van der Waals surface area contributed by atoms with Crippen molar-refractivity contribution >= 4 is 16.7 Å². The maximum atomic E-state index is 12.6. The fourth-order valence-corrected chi connectivity index (χ4v) is 4.27. The predicted octanol–water partition coefficient (Wildman–Crippen LogP) is 3.23. The number of hydrogen-bond donors (Lipinski definition) is 1. The molecule has 0 bridgehead atoms. The molecular weight excluding hydrogens is 296 g/mol. The minimum absolute atomic E-state index is 0.330. The molecule has 0 unspecified atom stereocenters. The second kappa shape index (κ2) is 6.94. The Labute approximate surface area is 144 Å². The van der Waals surface area contributed by atoms with Gasteiger partial charge < -0.3 is 10.2 Å². The van der Waals surface area contributed by atoms with Gasteiger partial charge in [0.1, 0.15) is 0 Å². The first kappa shape index (κ1) is 15.6. The average Bonchev–Trinajstić information content (AvgIpc) is 2.98. The third-order valence-electron chi connectivity index (χ3n) is 5.81. The van der Waals surface area contributed by atoms with Crippen LogP contribution in [0.25, 0.3) is 10.8 Å². The molecule has 2 aromatic rings. The van der Waals surface area contributed by atoms with Crippen LogP contribution in [0.4, 0.5) is 0 Å². The maximum Gasteiger partial charge on any atom is 0.222 e. The van der Waals surface area contributed by atoms with E-state index in [1.165, 1.54) is 29.2 Å². The van der Waals surface area contributed by atoms with E-state index in [4.69, 9.17) is 0 Å². The lowest BCUT2D eigenvalue weighted by Crippen LogP contribution is -2.32. The Hall–Kier alpha value is -1.87. The molecule has 0 aromatic heterocycles. The van der Waals surface area contributed by atoms with Gasteiger partial charge in [0.2, 0.25) is 5.91 Å². The number of amides is 1. The quantitative estimate of drug-likeness (QED) is 0.941. The molecule has 0 aliphatic carbocycles. The largest absolute Gasteiger partial charge is 0.343 e. The van der Waals surface area contributed by atoms with Crippen LogP contribution >= 0.6 is 0 Å². The Bertz CT molecular complexity index is 713. The highest BCUT2D eigenvalue weighted by Gasteiger charge is 2.31. The van der Waals surface area contributed by atoms with E-state index in [1.54, 1.807) is 0 Å². The zero-order valence-corrected chi connectivity index (χ0v) is 14.2. The number of aryl methyl sites for hydroxylation is 1. The van der Waals surface area contributed by atoms with Gasteiger partial charge in [0.15, 0.2) is 0 Å². The van der Waals surface area contributed by atoms with Gasteiger partial charge in [-0.2, -0.15) is 0 Å². The summed E-state index contributed by atoms with van der Waals surface area (Å²) in [6.07, 6.45) is 3.80. The van der Waals surface area contributed by atoms with Crippen LogP contribution in [-0.2, 0) is 11.2 Å². The first-order valence-electron chi connectivity index (χ1n) is 9.26. The second-order valence-corrected chi connectivity index (χ2v) is 7.32. The van der Waals surface area contributed by atoms with Crippen molar-refractivity contribution in [1.29, 1.82) is 0 Å². The molecule has 3 nitrogen and oxygen atoms in total. The van der Waals surface area contributed by atoms with Crippen molar-refractivity contribution in [3.8, 4) is 0 Å². The molecule has 3 heteroatoms. The van der Waals surface area contributed by atoms with Crippen molar-refractivity contribution in [3.05, 3.63) is 48.0 Å². The minimum Gasteiger partial charge on any atom is -0.343 e. The molecule has 2 aliphatic heterocycles. The van der Waals surface area contributed by atoms with Crippen molar-refractivity contribution in [1.82, 2.24) is 10.2 Å². The SMILES string of the molecule is O=C(CCc1ccc2ccccc2c1)N1CC[C@@H]2CNC[C@@H]2CC1. The molecule has 2 saturated heterocycles. The van der Waals surface area contributed by atoms with Gasteiger partial charge in [0.05, 0.1) is 0 Å². The van der Waals surface area contributed by atoms with Gasteiger partial charge in [-0.15, -0.1) is 0 Å². The molecule has 2 heterocycles. The van der Waals surface area contributed by atoms with Crippen LogP contribution in [0.15, 0.2) is 42.5 Å². The minimum atomic E-state index is 0.330. The van der Waals surface area contributed by atoms with Crippen molar-refractivity contribution < 1.29 is 4.79 Å². The highest BCUT2D eigenvalue weighted by Crippen LogP contribution is 2.27. The van der Waals surface area contributed by atoms with Crippen molar-refractivity contribution in [2.24, 2.45) is 11.8 Å². The first-order valence-corrected chi connectivity index (χ1v) is 9.26. The molecular formula is C21H26N2O. The molecule has 1 amide bonds. The highest BCUT2D eigenvalue weighted by atomic mass is 16.2. The van der Waals surface area contributed by atoms with E-state index in [2.05, 4.69) is 52.7 Å². The van der Waals surface area contributed by atoms with E-state index < -0.39 is 0 Å². The predicted molar refractivity (Wildman–Crippen MR) is 97.9 cm³/mol. The maximum absolute atomic E-state index is 12.6. The smallest absolute Gasteiger partial charge is 0.222 e. The molecule has 4 rings (SSSR count). The molecule has 2 fully saturated rings. The first-order chi connectivity index (χ1) is 11.8. The van der Waals surface area contributed by atoms with Gasteiger partial charge in [-0.3, -0.25) is 4.79 Å². The number of fused-ring (bicyclic) bond motifs is 2. The second-order valence-electron chi connectivity index (χ2n) is 7.32. The summed E-state index contributed by atoms with van der Waals surface area (Å²) >= 11 is 0. The van der Waals surface area contributed by atoms with Crippen LogP contribution in [0.5, 0.6) is 0 Å². The summed E-state index contributed by atoms with van der Waals surface area (Å²) in [5.41, 5.74) is 1.26. The van der Waals surface area contributed by atoms with E-state index in [1.807, 2.05) is 0 Å². The van der Waals surface area contributed by atoms with Crippen molar-refractivity contribution in [2.75, 3.05) is 26.2 Å². The third-order valence-corrected chi connectivity index (χ3v) is 5.81. The number of benzene rings is 2. The van der Waals surface area contributed by atoms with E-state index in [0.29, 0.717) is 12.3 Å². The topological polar surface area (TPSA) is 32.3 Å². The number of likely N-dealkylation sites (tertiary alicyclic amines) is 1. The molecule has 0 saturated carbocycles. The Morgan fingerprint density at radius 2 is 1.71 bits per heavy atom. The summed E-state index contributed by atoms with van der Waals surface area (Å²) in [6.45, 7) is 4.17. The summed E-state index contributed by atoms with van der Waals surface area (Å²) in [5, 5.41) is 6.02. The Morgan fingerprint density at radius 3 is 2.46 bits per heavy atom. The number of hydrogen-bond acceptors (Lipinski definition) is 2. The normalized spacial score (nSPS) is 23.9. The summed E-state index contributed by atoms with van der Waals surface area (Å²) in [4.78, 5) is 14.7. The number of nitrogens with zero attached hydrogens (tertiary/aromatic N) is 1. The van der Waals surface area contributed by atoms with Crippen LogP contribution in [0.3, 0.4) is 0 Å². The van der Waals surface area contributed by atoms with E-state index >= 15 is 0 Å². The monoisotopic (exact) mass is 322 g/mol. The van der Waals surface area contributed by atoms with Crippen molar-refractivity contribution in [3.63, 3.8) is 0 Å². The lowest BCUT2D eigenvalue weighted by atomic mass is 9.92. The molecule has 2 aliphatic rings. The number of nitrogens with one attached hydrogen (secondary N) is 1.